The molecule has 0 bridgehead atoms. The lowest BCUT2D eigenvalue weighted by Gasteiger charge is -2.29. The van der Waals surface area contributed by atoms with E-state index in [-0.39, 0.29) is 11.8 Å². The molecule has 2 aromatic rings. The van der Waals surface area contributed by atoms with Crippen molar-refractivity contribution in [2.24, 2.45) is 0 Å². The maximum atomic E-state index is 12.3. The van der Waals surface area contributed by atoms with Crippen LogP contribution in [0.25, 0.3) is 0 Å². The lowest BCUT2D eigenvalue weighted by Crippen LogP contribution is -2.42. The second-order valence-corrected chi connectivity index (χ2v) is 6.15. The van der Waals surface area contributed by atoms with Crippen LogP contribution in [0.2, 0.25) is 0 Å². The number of ether oxygens (including phenoxy) is 1. The third kappa shape index (κ3) is 4.91. The monoisotopic (exact) mass is 364 g/mol. The van der Waals surface area contributed by atoms with Crippen molar-refractivity contribution < 1.29 is 22.7 Å². The van der Waals surface area contributed by atoms with Crippen molar-refractivity contribution in [3.63, 3.8) is 0 Å². The molecule has 1 N–H and O–H groups in total. The van der Waals surface area contributed by atoms with Crippen LogP contribution in [0.4, 0.5) is 18.0 Å². The van der Waals surface area contributed by atoms with Crippen LogP contribution in [-0.4, -0.2) is 30.3 Å². The second-order valence-electron chi connectivity index (χ2n) is 6.15. The Morgan fingerprint density at radius 1 is 1.08 bits per heavy atom. The number of alkyl halides is 3. The Morgan fingerprint density at radius 3 is 2.46 bits per heavy atom. The summed E-state index contributed by atoms with van der Waals surface area (Å²) in [6.07, 6.45) is -3.53. The molecule has 26 heavy (non-hydrogen) atoms. The first-order valence-corrected chi connectivity index (χ1v) is 8.29. The normalized spacial score (nSPS) is 13.9. The van der Waals surface area contributed by atoms with Gasteiger partial charge in [-0.05, 0) is 35.2 Å². The summed E-state index contributed by atoms with van der Waals surface area (Å²) >= 11 is 0. The van der Waals surface area contributed by atoms with Gasteiger partial charge in [-0.2, -0.15) is 13.2 Å². The number of carbonyl (C=O) groups is 1. The third-order valence-corrected chi connectivity index (χ3v) is 4.19. The van der Waals surface area contributed by atoms with Crippen molar-refractivity contribution in [3.05, 3.63) is 65.2 Å². The molecule has 2 aromatic carbocycles. The van der Waals surface area contributed by atoms with Gasteiger partial charge >= 0.3 is 12.2 Å². The first kappa shape index (κ1) is 18.1. The van der Waals surface area contributed by atoms with Crippen LogP contribution in [0, 0.1) is 0 Å². The summed E-state index contributed by atoms with van der Waals surface area (Å²) < 4.78 is 41.0. The maximum absolute atomic E-state index is 12.3. The standard InChI is InChI=1S/C19H19F3N2O2/c20-19(21,22)13-26-17-7-5-14(6-8-17)11-23-18(25)24-10-9-15-3-1-2-4-16(15)12-24/h1-8H,9-13H2,(H,23,25). The molecule has 0 unspecified atom stereocenters. The summed E-state index contributed by atoms with van der Waals surface area (Å²) in [5.41, 5.74) is 3.21. The van der Waals surface area contributed by atoms with Gasteiger partial charge in [0.1, 0.15) is 5.75 Å². The molecule has 1 heterocycles. The quantitative estimate of drug-likeness (QED) is 0.894. The number of nitrogens with zero attached hydrogens (tertiary/aromatic N) is 1. The number of rotatable bonds is 4. The molecule has 1 aliphatic rings. The van der Waals surface area contributed by atoms with E-state index in [1.54, 1.807) is 17.0 Å². The molecular formula is C19H19F3N2O2. The molecule has 7 heteroatoms. The molecule has 138 valence electrons. The summed E-state index contributed by atoms with van der Waals surface area (Å²) in [6, 6.07) is 14.1. The van der Waals surface area contributed by atoms with Gasteiger partial charge in [0, 0.05) is 19.6 Å². The van der Waals surface area contributed by atoms with Gasteiger partial charge in [0.05, 0.1) is 0 Å². The highest BCUT2D eigenvalue weighted by Gasteiger charge is 2.28. The lowest BCUT2D eigenvalue weighted by molar-refractivity contribution is -0.153. The van der Waals surface area contributed by atoms with Gasteiger partial charge < -0.3 is 15.0 Å². The van der Waals surface area contributed by atoms with Gasteiger partial charge in [-0.3, -0.25) is 0 Å². The van der Waals surface area contributed by atoms with E-state index in [0.717, 1.165) is 17.5 Å². The zero-order chi connectivity index (χ0) is 18.6. The van der Waals surface area contributed by atoms with Crippen molar-refractivity contribution in [2.45, 2.75) is 25.7 Å². The molecule has 3 rings (SSSR count). The van der Waals surface area contributed by atoms with E-state index in [0.29, 0.717) is 19.6 Å². The van der Waals surface area contributed by atoms with Crippen molar-refractivity contribution in [1.82, 2.24) is 10.2 Å². The maximum Gasteiger partial charge on any atom is 0.422 e. The smallest absolute Gasteiger partial charge is 0.422 e. The SMILES string of the molecule is O=C(NCc1ccc(OCC(F)(F)F)cc1)N1CCc2ccccc2C1. The van der Waals surface area contributed by atoms with E-state index in [1.807, 2.05) is 18.2 Å². The van der Waals surface area contributed by atoms with Gasteiger partial charge in [0.2, 0.25) is 0 Å². The number of carbonyl (C=O) groups excluding carboxylic acids is 1. The second kappa shape index (κ2) is 7.68. The first-order chi connectivity index (χ1) is 12.4. The Kier molecular flexibility index (Phi) is 5.35. The molecule has 0 fully saturated rings. The van der Waals surface area contributed by atoms with Crippen molar-refractivity contribution >= 4 is 6.03 Å². The fourth-order valence-corrected chi connectivity index (χ4v) is 2.83. The number of benzene rings is 2. The summed E-state index contributed by atoms with van der Waals surface area (Å²) in [4.78, 5) is 14.1. The number of fused-ring (bicyclic) bond motifs is 1. The molecule has 4 nitrogen and oxygen atoms in total. The molecular weight excluding hydrogens is 345 g/mol. The Morgan fingerprint density at radius 2 is 1.77 bits per heavy atom. The number of nitrogens with one attached hydrogen (secondary N) is 1. The molecule has 0 aliphatic carbocycles. The first-order valence-electron chi connectivity index (χ1n) is 8.29. The molecule has 0 saturated heterocycles. The van der Waals surface area contributed by atoms with E-state index in [2.05, 4.69) is 16.1 Å². The zero-order valence-electron chi connectivity index (χ0n) is 14.1. The van der Waals surface area contributed by atoms with Gasteiger partial charge in [0.15, 0.2) is 6.61 Å². The molecule has 1 aliphatic heterocycles. The Bertz CT molecular complexity index is 760. The number of amides is 2. The van der Waals surface area contributed by atoms with Crippen LogP contribution >= 0.6 is 0 Å². The average Bonchev–Trinajstić information content (AvgIpc) is 2.64. The predicted molar refractivity (Wildman–Crippen MR) is 90.8 cm³/mol. The van der Waals surface area contributed by atoms with E-state index in [9.17, 15) is 18.0 Å². The van der Waals surface area contributed by atoms with Crippen molar-refractivity contribution in [2.75, 3.05) is 13.2 Å². The molecule has 0 atom stereocenters. The minimum absolute atomic E-state index is 0.144. The van der Waals surface area contributed by atoms with Crippen LogP contribution in [0.1, 0.15) is 16.7 Å². The highest BCUT2D eigenvalue weighted by molar-refractivity contribution is 5.74. The summed E-state index contributed by atoms with van der Waals surface area (Å²) in [5, 5.41) is 2.84. The number of urea groups is 1. The molecule has 0 aromatic heterocycles. The Labute approximate surface area is 149 Å². The fraction of sp³-hybridized carbons (Fsp3) is 0.316. The number of hydrogen-bond donors (Lipinski definition) is 1. The van der Waals surface area contributed by atoms with E-state index in [4.69, 9.17) is 0 Å². The third-order valence-electron chi connectivity index (χ3n) is 4.19. The topological polar surface area (TPSA) is 41.6 Å². The largest absolute Gasteiger partial charge is 0.484 e. The minimum Gasteiger partial charge on any atom is -0.484 e. The van der Waals surface area contributed by atoms with E-state index in [1.165, 1.54) is 17.7 Å². The van der Waals surface area contributed by atoms with Crippen molar-refractivity contribution in [1.29, 1.82) is 0 Å². The average molecular weight is 364 g/mol. The zero-order valence-corrected chi connectivity index (χ0v) is 14.1. The molecule has 2 amide bonds. The molecule has 0 radical (unpaired) electrons. The van der Waals surface area contributed by atoms with E-state index >= 15 is 0 Å². The van der Waals surface area contributed by atoms with Gasteiger partial charge in [-0.25, -0.2) is 4.79 Å². The van der Waals surface area contributed by atoms with Crippen LogP contribution < -0.4 is 10.1 Å². The highest BCUT2D eigenvalue weighted by Crippen LogP contribution is 2.20. The summed E-state index contributed by atoms with van der Waals surface area (Å²) in [6.45, 7) is 0.218. The number of halogens is 3. The molecule has 0 saturated carbocycles. The predicted octanol–water partition coefficient (Wildman–Crippen LogP) is 3.90. The molecule has 0 spiro atoms. The van der Waals surface area contributed by atoms with Crippen LogP contribution in [0.3, 0.4) is 0 Å². The van der Waals surface area contributed by atoms with Gasteiger partial charge in [-0.1, -0.05) is 36.4 Å². The van der Waals surface area contributed by atoms with Crippen molar-refractivity contribution in [3.8, 4) is 5.75 Å². The fourth-order valence-electron chi connectivity index (χ4n) is 2.83. The van der Waals surface area contributed by atoms with Crippen LogP contribution in [-0.2, 0) is 19.5 Å². The van der Waals surface area contributed by atoms with Crippen LogP contribution in [0.15, 0.2) is 48.5 Å². The van der Waals surface area contributed by atoms with Gasteiger partial charge in [0.25, 0.3) is 0 Å². The lowest BCUT2D eigenvalue weighted by atomic mass is 10.0. The number of hydrogen-bond acceptors (Lipinski definition) is 2. The van der Waals surface area contributed by atoms with Crippen LogP contribution in [0.5, 0.6) is 5.75 Å². The Hall–Kier alpha value is -2.70. The summed E-state index contributed by atoms with van der Waals surface area (Å²) in [7, 11) is 0. The Balaban J connectivity index is 1.49. The summed E-state index contributed by atoms with van der Waals surface area (Å²) in [5.74, 6) is 0.144. The highest BCUT2D eigenvalue weighted by atomic mass is 19.4. The van der Waals surface area contributed by atoms with Gasteiger partial charge in [-0.15, -0.1) is 0 Å². The minimum atomic E-state index is -4.36. The van der Waals surface area contributed by atoms with E-state index < -0.39 is 12.8 Å².